The Morgan fingerprint density at radius 3 is 2.36 bits per heavy atom. The van der Waals surface area contributed by atoms with Gasteiger partial charge in [-0.1, -0.05) is 74.0 Å². The highest BCUT2D eigenvalue weighted by molar-refractivity contribution is 6.30. The average Bonchev–Trinajstić information content (AvgIpc) is 4.05. The van der Waals surface area contributed by atoms with E-state index < -0.39 is 63.5 Å². The Bertz CT molecular complexity index is 2950. The number of H-pyrrole nitrogens is 1. The van der Waals surface area contributed by atoms with Crippen molar-refractivity contribution in [2.45, 2.75) is 99.5 Å². The molecule has 6 heterocycles. The number of hydrogen-bond acceptors (Lipinski definition) is 12. The van der Waals surface area contributed by atoms with Crippen LogP contribution in [-0.4, -0.2) is 145 Å². The van der Waals surface area contributed by atoms with E-state index in [0.29, 0.717) is 98.8 Å². The average molecular weight is 1080 g/mol. The van der Waals surface area contributed by atoms with E-state index in [4.69, 9.17) is 30.5 Å². The summed E-state index contributed by atoms with van der Waals surface area (Å²) >= 11 is 6.16. The van der Waals surface area contributed by atoms with Gasteiger partial charge in [-0.2, -0.15) is 0 Å². The van der Waals surface area contributed by atoms with Crippen LogP contribution < -0.4 is 26.6 Å². The first-order valence-electron chi connectivity index (χ1n) is 25.1. The number of nitrogens with one attached hydrogen (secondary N) is 1. The predicted octanol–water partition coefficient (Wildman–Crippen LogP) is 2.97. The lowest BCUT2D eigenvalue weighted by Gasteiger charge is -2.63. The standard InChI is InChI=1S/C56H64ClN4O11.BrH/c1-7-52(67)28-36-29-55(50(65)70-5,46-40(39-12-9-10-13-43(39)58-46)20-25-61(30-36,32-52)31-38(64)19-16-35-14-17-37(57)18-15-35)42-26-41-44(27-45(42)69-4)60(33-62)48-54(41)22-24-59-23-11-21-53(8-2,47(54)59)49(72-34(3)63)56(48,68)51(66)71-6;/h9-19,21,26-27,33,36,47-49,58,67-68H,7-8,20,22-25,28-32H2,1-6H3;1H/q+1;/p-1/b19-16+;/t36-,47+,48-,49-,52+,53-,54-,55+,56+,61-;/m1./s1. The number of quaternary nitrogens is 1. The van der Waals surface area contributed by atoms with E-state index in [1.807, 2.05) is 68.5 Å². The number of esters is 3. The number of methoxy groups -OCH3 is 3. The number of ketones is 1. The molecule has 3 aromatic carbocycles. The Hall–Kier alpha value is -5.36. The minimum Gasteiger partial charge on any atom is -1.00 e. The third kappa shape index (κ3) is 7.74. The summed E-state index contributed by atoms with van der Waals surface area (Å²) in [6.45, 7) is 7.54. The van der Waals surface area contributed by atoms with E-state index in [-0.39, 0.29) is 51.9 Å². The molecule has 388 valence electrons. The highest BCUT2D eigenvalue weighted by Gasteiger charge is 2.81. The van der Waals surface area contributed by atoms with Crippen molar-refractivity contribution in [1.29, 1.82) is 0 Å². The van der Waals surface area contributed by atoms with E-state index >= 15 is 4.79 Å². The van der Waals surface area contributed by atoms with Crippen LogP contribution in [0.25, 0.3) is 17.0 Å². The Balaban J connectivity index is 0.00000656. The number of rotatable bonds is 12. The first kappa shape index (κ1) is 52.5. The molecule has 1 amide bonds. The summed E-state index contributed by atoms with van der Waals surface area (Å²) in [4.78, 5) is 79.0. The molecule has 10 atom stereocenters. The number of amides is 1. The second kappa shape index (κ2) is 19.1. The number of carbonyl (C=O) groups is 5. The fraction of sp³-hybridized carbons (Fsp3) is 0.482. The van der Waals surface area contributed by atoms with Crippen molar-refractivity contribution < 1.29 is 74.6 Å². The molecule has 1 aromatic heterocycles. The normalized spacial score (nSPS) is 33.0. The minimum absolute atomic E-state index is 0. The summed E-state index contributed by atoms with van der Waals surface area (Å²) in [6, 6.07) is 16.9. The maximum Gasteiger partial charge on any atom is 0.344 e. The summed E-state index contributed by atoms with van der Waals surface area (Å²) in [7, 11) is 4.02. The van der Waals surface area contributed by atoms with Crippen LogP contribution >= 0.6 is 11.6 Å². The summed E-state index contributed by atoms with van der Waals surface area (Å²) in [6.07, 6.45) is 8.43. The first-order chi connectivity index (χ1) is 34.5. The molecule has 10 rings (SSSR count). The maximum absolute atomic E-state index is 15.8. The van der Waals surface area contributed by atoms with Crippen LogP contribution in [0.3, 0.4) is 0 Å². The molecule has 1 saturated carbocycles. The van der Waals surface area contributed by atoms with Crippen LogP contribution in [0.1, 0.15) is 80.8 Å². The molecule has 0 radical (unpaired) electrons. The summed E-state index contributed by atoms with van der Waals surface area (Å²) in [5.41, 5.74) is -3.35. The van der Waals surface area contributed by atoms with E-state index in [1.54, 1.807) is 30.4 Å². The number of aromatic amines is 1. The van der Waals surface area contributed by atoms with Crippen LogP contribution in [0.4, 0.5) is 5.69 Å². The number of aliphatic hydroxyl groups is 2. The Morgan fingerprint density at radius 2 is 1.68 bits per heavy atom. The van der Waals surface area contributed by atoms with E-state index in [2.05, 4.69) is 9.88 Å². The van der Waals surface area contributed by atoms with Crippen molar-refractivity contribution in [2.24, 2.45) is 11.3 Å². The van der Waals surface area contributed by atoms with E-state index in [0.717, 1.165) is 29.1 Å². The number of ether oxygens (including phenoxy) is 4. The molecule has 15 nitrogen and oxygen atoms in total. The highest BCUT2D eigenvalue weighted by Crippen LogP contribution is 2.68. The van der Waals surface area contributed by atoms with Crippen LogP contribution in [0.15, 0.2) is 78.9 Å². The number of nitrogens with zero attached hydrogens (tertiary/aromatic N) is 3. The van der Waals surface area contributed by atoms with Crippen molar-refractivity contribution in [2.75, 3.05) is 65.5 Å². The molecule has 5 aliphatic heterocycles. The second-order valence-corrected chi connectivity index (χ2v) is 21.7. The van der Waals surface area contributed by atoms with E-state index in [9.17, 15) is 29.4 Å². The van der Waals surface area contributed by atoms with Crippen LogP contribution in [0.5, 0.6) is 5.75 Å². The van der Waals surface area contributed by atoms with Crippen molar-refractivity contribution in [3.05, 3.63) is 112 Å². The number of aromatic nitrogens is 1. The molecule has 2 bridgehead atoms. The van der Waals surface area contributed by atoms with Gasteiger partial charge in [-0.25, -0.2) is 4.79 Å². The smallest absolute Gasteiger partial charge is 0.344 e. The molecule has 6 aliphatic rings. The zero-order valence-electron chi connectivity index (χ0n) is 42.1. The molecule has 0 unspecified atom stereocenters. The quantitative estimate of drug-likeness (QED) is 0.0472. The zero-order valence-corrected chi connectivity index (χ0v) is 44.5. The molecule has 1 spiro atoms. The van der Waals surface area contributed by atoms with Crippen LogP contribution in [-0.2, 0) is 55.4 Å². The van der Waals surface area contributed by atoms with Crippen molar-refractivity contribution >= 4 is 64.4 Å². The lowest BCUT2D eigenvalue weighted by Crippen LogP contribution is -3.00. The highest BCUT2D eigenvalue weighted by atomic mass is 79.9. The molecule has 2 saturated heterocycles. The number of piperidine rings is 1. The number of anilines is 1. The molecule has 4 aromatic rings. The maximum atomic E-state index is 15.8. The van der Waals surface area contributed by atoms with Crippen molar-refractivity contribution in [3.8, 4) is 5.75 Å². The summed E-state index contributed by atoms with van der Waals surface area (Å²) in [5.74, 6) is -2.58. The Morgan fingerprint density at radius 1 is 0.945 bits per heavy atom. The number of benzene rings is 3. The molecule has 17 heteroatoms. The largest absolute Gasteiger partial charge is 1.00 e. The number of fused-ring (bicyclic) bond motifs is 6. The molecule has 3 N–H and O–H groups in total. The van der Waals surface area contributed by atoms with Gasteiger partial charge in [0.2, 0.25) is 17.8 Å². The topological polar surface area (TPSA) is 185 Å². The van der Waals surface area contributed by atoms with Gasteiger partial charge in [0.05, 0.1) is 46.1 Å². The number of hydrogen-bond donors (Lipinski definition) is 3. The van der Waals surface area contributed by atoms with Crippen molar-refractivity contribution in [3.63, 3.8) is 0 Å². The van der Waals surface area contributed by atoms with Gasteiger partial charge in [-0.3, -0.25) is 24.1 Å². The van der Waals surface area contributed by atoms with E-state index in [1.165, 1.54) is 26.0 Å². The molecular formula is C56H64BrClN4O11. The van der Waals surface area contributed by atoms with Crippen molar-refractivity contribution in [1.82, 2.24) is 9.88 Å². The van der Waals surface area contributed by atoms with Gasteiger partial charge < -0.3 is 60.5 Å². The van der Waals surface area contributed by atoms with Gasteiger partial charge in [0, 0.05) is 75.9 Å². The van der Waals surface area contributed by atoms with Gasteiger partial charge in [-0.15, -0.1) is 0 Å². The molecule has 1 aliphatic carbocycles. The van der Waals surface area contributed by atoms with Crippen LogP contribution in [0.2, 0.25) is 5.02 Å². The second-order valence-electron chi connectivity index (χ2n) is 21.3. The van der Waals surface area contributed by atoms with Gasteiger partial charge >= 0.3 is 17.9 Å². The number of carbonyl (C=O) groups excluding carboxylic acids is 5. The first-order valence-corrected chi connectivity index (χ1v) is 25.4. The molecule has 3 fully saturated rings. The van der Waals surface area contributed by atoms with Gasteiger partial charge in [0.1, 0.15) is 29.9 Å². The summed E-state index contributed by atoms with van der Waals surface area (Å²) < 4.78 is 24.2. The third-order valence-corrected chi connectivity index (χ3v) is 18.0. The minimum atomic E-state index is -2.59. The monoisotopic (exact) mass is 1080 g/mol. The Labute approximate surface area is 440 Å². The Kier molecular flexibility index (Phi) is 13.7. The third-order valence-electron chi connectivity index (χ3n) is 17.7. The number of halogens is 2. The lowest BCUT2D eigenvalue weighted by molar-refractivity contribution is -0.935. The van der Waals surface area contributed by atoms with Crippen LogP contribution in [0, 0.1) is 11.3 Å². The van der Waals surface area contributed by atoms with Gasteiger partial charge in [0.15, 0.2) is 6.10 Å². The predicted molar refractivity (Wildman–Crippen MR) is 269 cm³/mol. The number of para-hydroxylation sites is 1. The fourth-order valence-corrected chi connectivity index (χ4v) is 15.3. The molecular weight excluding hydrogens is 1020 g/mol. The zero-order chi connectivity index (χ0) is 51.2. The summed E-state index contributed by atoms with van der Waals surface area (Å²) in [5, 5.41) is 27.6. The fourth-order valence-electron chi connectivity index (χ4n) is 15.2. The van der Waals surface area contributed by atoms with Gasteiger partial charge in [-0.05, 0) is 85.7 Å². The van der Waals surface area contributed by atoms with Gasteiger partial charge in [0.25, 0.3) is 0 Å². The lowest BCUT2D eigenvalue weighted by atomic mass is 9.47. The SMILES string of the molecule is CC[C@]1(O)C[C@@H]2C[C@](C(=O)OC)(c3cc4c(cc3OC)N(C=O)[C@H]3[C@@](O)(C(=O)OC)[C@H](OC(C)=O)[C@]5(CC)C=CCN6CC[C@]43[C@@H]65)c3[nH]c4ccccc4c3CC[N@+](CC(=O)/C=C/c3ccc(Cl)cc3)(C2)C1.[Br-]. The molecule has 73 heavy (non-hydrogen) atoms.